The van der Waals surface area contributed by atoms with Crippen molar-refractivity contribution in [1.29, 1.82) is 0 Å². The molecule has 106 valence electrons. The lowest BCUT2D eigenvalue weighted by Crippen LogP contribution is -2.23. The number of hydrogen-bond acceptors (Lipinski definition) is 5. The number of fused-ring (bicyclic) bond motifs is 1. The number of aryl methyl sites for hydroxylation is 2. The normalized spacial score (nSPS) is 13.3. The topological polar surface area (TPSA) is 58.8 Å². The summed E-state index contributed by atoms with van der Waals surface area (Å²) >= 11 is 1.67. The average molecular weight is 283 g/mol. The van der Waals surface area contributed by atoms with E-state index < -0.39 is 6.10 Å². The van der Waals surface area contributed by atoms with Crippen molar-refractivity contribution in [3.63, 3.8) is 0 Å². The number of rotatable bonds is 7. The maximum atomic E-state index is 9.56. The highest BCUT2D eigenvalue weighted by Gasteiger charge is 2.11. The lowest BCUT2D eigenvalue weighted by molar-refractivity contribution is 0.0594. The van der Waals surface area contributed by atoms with Crippen LogP contribution in [0.15, 0.2) is 5.38 Å². The molecule has 2 heterocycles. The lowest BCUT2D eigenvalue weighted by atomic mass is 10.2. The third-order valence-electron chi connectivity index (χ3n) is 3.14. The number of methoxy groups -OCH3 is 1. The standard InChI is InChI=1S/C13H21N3O2S/c1-9-8-19-13-15-10(2)12(16(9)13)6-14-5-4-11(17)7-18-3/h8,11,14,17H,4-7H2,1-3H3. The van der Waals surface area contributed by atoms with Crippen LogP contribution in [-0.2, 0) is 11.3 Å². The minimum atomic E-state index is -0.396. The average Bonchev–Trinajstić information content (AvgIpc) is 2.86. The highest BCUT2D eigenvalue weighted by Crippen LogP contribution is 2.20. The second kappa shape index (κ2) is 6.47. The van der Waals surface area contributed by atoms with E-state index in [4.69, 9.17) is 4.74 Å². The van der Waals surface area contributed by atoms with Crippen molar-refractivity contribution in [3.05, 3.63) is 22.5 Å². The summed E-state index contributed by atoms with van der Waals surface area (Å²) < 4.78 is 7.09. The Morgan fingerprint density at radius 1 is 1.53 bits per heavy atom. The van der Waals surface area contributed by atoms with E-state index in [1.807, 2.05) is 6.92 Å². The largest absolute Gasteiger partial charge is 0.391 e. The summed E-state index contributed by atoms with van der Waals surface area (Å²) in [5, 5.41) is 15.0. The van der Waals surface area contributed by atoms with Gasteiger partial charge in [-0.15, -0.1) is 11.3 Å². The van der Waals surface area contributed by atoms with Crippen molar-refractivity contribution in [1.82, 2.24) is 14.7 Å². The molecule has 0 spiro atoms. The zero-order valence-electron chi connectivity index (χ0n) is 11.6. The van der Waals surface area contributed by atoms with Gasteiger partial charge < -0.3 is 15.2 Å². The third kappa shape index (κ3) is 3.33. The summed E-state index contributed by atoms with van der Waals surface area (Å²) in [6.45, 7) is 6.05. The fourth-order valence-corrected chi connectivity index (χ4v) is 3.06. The monoisotopic (exact) mass is 283 g/mol. The van der Waals surface area contributed by atoms with Crippen LogP contribution < -0.4 is 5.32 Å². The molecule has 1 atom stereocenters. The Bertz CT molecular complexity index is 535. The first-order valence-corrected chi connectivity index (χ1v) is 7.31. The SMILES string of the molecule is COCC(O)CCNCc1c(C)nc2scc(C)n12. The molecule has 0 bridgehead atoms. The van der Waals surface area contributed by atoms with Crippen molar-refractivity contribution >= 4 is 16.3 Å². The lowest BCUT2D eigenvalue weighted by Gasteiger charge is -2.10. The van der Waals surface area contributed by atoms with E-state index in [2.05, 4.69) is 27.0 Å². The molecule has 19 heavy (non-hydrogen) atoms. The van der Waals surface area contributed by atoms with Crippen molar-refractivity contribution in [3.8, 4) is 0 Å². The van der Waals surface area contributed by atoms with Gasteiger partial charge >= 0.3 is 0 Å². The van der Waals surface area contributed by atoms with Gasteiger partial charge in [-0.3, -0.25) is 4.40 Å². The molecular formula is C13H21N3O2S. The highest BCUT2D eigenvalue weighted by molar-refractivity contribution is 7.15. The van der Waals surface area contributed by atoms with E-state index in [0.717, 1.165) is 23.7 Å². The Morgan fingerprint density at radius 3 is 3.05 bits per heavy atom. The number of aliphatic hydroxyl groups excluding tert-OH is 1. The maximum absolute atomic E-state index is 9.56. The Hall–Kier alpha value is -0.950. The molecule has 2 rings (SSSR count). The Kier molecular flexibility index (Phi) is 4.93. The summed E-state index contributed by atoms with van der Waals surface area (Å²) in [5.41, 5.74) is 3.49. The molecule has 0 aromatic carbocycles. The summed E-state index contributed by atoms with van der Waals surface area (Å²) in [5.74, 6) is 0. The molecule has 0 fully saturated rings. The molecule has 2 aromatic heterocycles. The molecular weight excluding hydrogens is 262 g/mol. The van der Waals surface area contributed by atoms with Crippen LogP contribution in [0.25, 0.3) is 4.96 Å². The fourth-order valence-electron chi connectivity index (χ4n) is 2.13. The van der Waals surface area contributed by atoms with Crippen LogP contribution in [0.1, 0.15) is 23.5 Å². The van der Waals surface area contributed by atoms with Gasteiger partial charge in [0.2, 0.25) is 0 Å². The zero-order chi connectivity index (χ0) is 13.8. The quantitative estimate of drug-likeness (QED) is 0.756. The summed E-state index contributed by atoms with van der Waals surface area (Å²) in [6.07, 6.45) is 0.296. The number of aliphatic hydroxyl groups is 1. The van der Waals surface area contributed by atoms with Crippen LogP contribution in [0, 0.1) is 13.8 Å². The van der Waals surface area contributed by atoms with Gasteiger partial charge in [0, 0.05) is 24.7 Å². The van der Waals surface area contributed by atoms with E-state index in [-0.39, 0.29) is 0 Å². The Balaban J connectivity index is 1.91. The molecule has 1 unspecified atom stereocenters. The van der Waals surface area contributed by atoms with Crippen molar-refractivity contribution < 1.29 is 9.84 Å². The number of ether oxygens (including phenoxy) is 1. The van der Waals surface area contributed by atoms with Gasteiger partial charge in [-0.1, -0.05) is 0 Å². The van der Waals surface area contributed by atoms with Gasteiger partial charge in [-0.2, -0.15) is 0 Å². The maximum Gasteiger partial charge on any atom is 0.194 e. The first-order chi connectivity index (χ1) is 9.13. The van der Waals surface area contributed by atoms with Gasteiger partial charge in [-0.25, -0.2) is 4.98 Å². The van der Waals surface area contributed by atoms with Gasteiger partial charge in [0.25, 0.3) is 0 Å². The predicted octanol–water partition coefficient (Wildman–Crippen LogP) is 1.50. The molecule has 5 nitrogen and oxygen atoms in total. The van der Waals surface area contributed by atoms with Crippen molar-refractivity contribution in [2.45, 2.75) is 32.9 Å². The minimum Gasteiger partial charge on any atom is -0.391 e. The van der Waals surface area contributed by atoms with Gasteiger partial charge in [-0.05, 0) is 26.8 Å². The van der Waals surface area contributed by atoms with Gasteiger partial charge in [0.15, 0.2) is 4.96 Å². The number of thiazole rings is 1. The van der Waals surface area contributed by atoms with Gasteiger partial charge in [0.05, 0.1) is 24.1 Å². The smallest absolute Gasteiger partial charge is 0.194 e. The summed E-state index contributed by atoms with van der Waals surface area (Å²) in [4.78, 5) is 5.60. The highest BCUT2D eigenvalue weighted by atomic mass is 32.1. The first kappa shape index (κ1) is 14.5. The van der Waals surface area contributed by atoms with Crippen molar-refractivity contribution in [2.75, 3.05) is 20.3 Å². The molecule has 2 aromatic rings. The van der Waals surface area contributed by atoms with Crippen LogP contribution in [0.4, 0.5) is 0 Å². The van der Waals surface area contributed by atoms with E-state index in [1.54, 1.807) is 18.4 Å². The van der Waals surface area contributed by atoms with Crippen LogP contribution in [0.3, 0.4) is 0 Å². The van der Waals surface area contributed by atoms with Crippen LogP contribution in [0.5, 0.6) is 0 Å². The molecule has 6 heteroatoms. The van der Waals surface area contributed by atoms with Crippen molar-refractivity contribution in [2.24, 2.45) is 0 Å². The van der Waals surface area contributed by atoms with E-state index in [9.17, 15) is 5.11 Å². The molecule has 2 N–H and O–H groups in total. The van der Waals surface area contributed by atoms with E-state index in [0.29, 0.717) is 13.0 Å². The summed E-state index contributed by atoms with van der Waals surface area (Å²) in [6, 6.07) is 0. The predicted molar refractivity (Wildman–Crippen MR) is 76.7 cm³/mol. The Morgan fingerprint density at radius 2 is 2.32 bits per heavy atom. The molecule has 0 radical (unpaired) electrons. The Labute approximate surface area is 117 Å². The number of nitrogens with one attached hydrogen (secondary N) is 1. The molecule has 0 aliphatic rings. The van der Waals surface area contributed by atoms with E-state index in [1.165, 1.54) is 11.4 Å². The van der Waals surface area contributed by atoms with Crippen LogP contribution >= 0.6 is 11.3 Å². The number of nitrogens with zero attached hydrogens (tertiary/aromatic N) is 2. The third-order valence-corrected chi connectivity index (χ3v) is 4.08. The fraction of sp³-hybridized carbons (Fsp3) is 0.615. The van der Waals surface area contributed by atoms with Crippen LogP contribution in [-0.4, -0.2) is 40.9 Å². The number of imidazole rings is 1. The zero-order valence-corrected chi connectivity index (χ0v) is 12.5. The number of aromatic nitrogens is 2. The van der Waals surface area contributed by atoms with Crippen LogP contribution in [0.2, 0.25) is 0 Å². The van der Waals surface area contributed by atoms with E-state index >= 15 is 0 Å². The molecule has 0 amide bonds. The minimum absolute atomic E-state index is 0.390. The first-order valence-electron chi connectivity index (χ1n) is 6.43. The second-order valence-corrected chi connectivity index (χ2v) is 5.55. The molecule has 0 saturated heterocycles. The number of hydrogen-bond donors (Lipinski definition) is 2. The molecule has 0 aliphatic carbocycles. The van der Waals surface area contributed by atoms with Gasteiger partial charge in [0.1, 0.15) is 0 Å². The molecule has 0 saturated carbocycles. The summed E-state index contributed by atoms with van der Waals surface area (Å²) in [7, 11) is 1.60. The molecule has 0 aliphatic heterocycles. The second-order valence-electron chi connectivity index (χ2n) is 4.71.